The molecule has 2 atom stereocenters. The summed E-state index contributed by atoms with van der Waals surface area (Å²) in [5.41, 5.74) is 0. The minimum atomic E-state index is -0.603. The predicted molar refractivity (Wildman–Crippen MR) is 64.9 cm³/mol. The predicted octanol–water partition coefficient (Wildman–Crippen LogP) is 2.51. The van der Waals surface area contributed by atoms with Crippen molar-refractivity contribution in [3.8, 4) is 0 Å². The van der Waals surface area contributed by atoms with Gasteiger partial charge in [-0.05, 0) is 37.1 Å². The van der Waals surface area contributed by atoms with E-state index < -0.39 is 12.1 Å². The molecule has 1 aliphatic rings. The summed E-state index contributed by atoms with van der Waals surface area (Å²) in [4.78, 5) is 23.3. The van der Waals surface area contributed by atoms with Crippen LogP contribution in [0, 0.1) is 5.92 Å². The molecule has 4 nitrogen and oxygen atoms in total. The molecule has 2 rings (SSSR count). The lowest BCUT2D eigenvalue weighted by atomic mass is 10.2. The highest BCUT2D eigenvalue weighted by atomic mass is 32.1. The van der Waals surface area contributed by atoms with Crippen LogP contribution in [0.3, 0.4) is 0 Å². The van der Waals surface area contributed by atoms with Gasteiger partial charge in [0.2, 0.25) is 0 Å². The summed E-state index contributed by atoms with van der Waals surface area (Å²) in [7, 11) is 0. The van der Waals surface area contributed by atoms with Gasteiger partial charge >= 0.3 is 6.09 Å². The highest BCUT2D eigenvalue weighted by Gasteiger charge is 2.31. The first-order valence-electron chi connectivity index (χ1n) is 5.66. The molecule has 1 aromatic heterocycles. The minimum Gasteiger partial charge on any atom is -0.446 e. The SMILES string of the molecule is CC(OC(=O)NC(C=O)c1cccs1)C1CC1. The van der Waals surface area contributed by atoms with Crippen molar-refractivity contribution in [1.82, 2.24) is 5.32 Å². The second-order valence-electron chi connectivity index (χ2n) is 4.22. The third-order valence-electron chi connectivity index (χ3n) is 2.84. The standard InChI is InChI=1S/C12H15NO3S/c1-8(9-4-5-9)16-12(15)13-10(7-14)11-3-2-6-17-11/h2-3,6-10H,4-5H2,1H3,(H,13,15). The summed E-state index contributed by atoms with van der Waals surface area (Å²) in [6.07, 6.45) is 2.38. The lowest BCUT2D eigenvalue weighted by Gasteiger charge is -2.15. The fourth-order valence-electron chi connectivity index (χ4n) is 1.63. The van der Waals surface area contributed by atoms with Crippen molar-refractivity contribution in [2.24, 2.45) is 5.92 Å². The average Bonchev–Trinajstić information content (AvgIpc) is 3.03. The van der Waals surface area contributed by atoms with Gasteiger partial charge in [-0.1, -0.05) is 6.07 Å². The first-order chi connectivity index (χ1) is 8.20. The van der Waals surface area contributed by atoms with Crippen LogP contribution in [-0.4, -0.2) is 18.5 Å². The lowest BCUT2D eigenvalue weighted by Crippen LogP contribution is -2.32. The molecule has 2 unspecified atom stereocenters. The van der Waals surface area contributed by atoms with Gasteiger partial charge in [0.1, 0.15) is 18.4 Å². The molecular weight excluding hydrogens is 238 g/mol. The molecule has 1 fully saturated rings. The van der Waals surface area contributed by atoms with E-state index in [1.165, 1.54) is 11.3 Å². The van der Waals surface area contributed by atoms with Crippen LogP contribution in [0.1, 0.15) is 30.7 Å². The van der Waals surface area contributed by atoms with Crippen LogP contribution in [0.15, 0.2) is 17.5 Å². The van der Waals surface area contributed by atoms with Gasteiger partial charge < -0.3 is 14.8 Å². The van der Waals surface area contributed by atoms with Gasteiger partial charge in [0.05, 0.1) is 0 Å². The largest absolute Gasteiger partial charge is 0.446 e. The molecule has 1 aliphatic carbocycles. The third kappa shape index (κ3) is 3.30. The molecule has 0 radical (unpaired) electrons. The second kappa shape index (κ2) is 5.31. The zero-order valence-electron chi connectivity index (χ0n) is 9.59. The van der Waals surface area contributed by atoms with Crippen LogP contribution in [0.4, 0.5) is 4.79 Å². The second-order valence-corrected chi connectivity index (χ2v) is 5.20. The first kappa shape index (κ1) is 12.1. The van der Waals surface area contributed by atoms with E-state index in [1.54, 1.807) is 0 Å². The number of thiophene rings is 1. The van der Waals surface area contributed by atoms with Crippen molar-refractivity contribution in [2.45, 2.75) is 31.9 Å². The first-order valence-corrected chi connectivity index (χ1v) is 6.54. The monoisotopic (exact) mass is 253 g/mol. The number of ether oxygens (including phenoxy) is 1. The van der Waals surface area contributed by atoms with Crippen LogP contribution in [0.25, 0.3) is 0 Å². The number of nitrogens with one attached hydrogen (secondary N) is 1. The Morgan fingerprint density at radius 1 is 1.65 bits per heavy atom. The van der Waals surface area contributed by atoms with Crippen LogP contribution in [0.2, 0.25) is 0 Å². The highest BCUT2D eigenvalue weighted by molar-refractivity contribution is 7.10. The number of rotatable bonds is 5. The van der Waals surface area contributed by atoms with E-state index in [-0.39, 0.29) is 6.10 Å². The van der Waals surface area contributed by atoms with Gasteiger partial charge in [0.15, 0.2) is 0 Å². The number of amides is 1. The fraction of sp³-hybridized carbons (Fsp3) is 0.500. The zero-order valence-corrected chi connectivity index (χ0v) is 10.4. The Balaban J connectivity index is 1.85. The number of carbonyl (C=O) groups excluding carboxylic acids is 2. The van der Waals surface area contributed by atoms with Gasteiger partial charge in [-0.15, -0.1) is 11.3 Å². The van der Waals surface area contributed by atoms with Crippen molar-refractivity contribution < 1.29 is 14.3 Å². The van der Waals surface area contributed by atoms with Crippen LogP contribution < -0.4 is 5.32 Å². The number of hydrogen-bond acceptors (Lipinski definition) is 4. The number of carbonyl (C=O) groups is 2. The van der Waals surface area contributed by atoms with Gasteiger partial charge in [0, 0.05) is 4.88 Å². The molecule has 1 amide bonds. The summed E-state index contributed by atoms with van der Waals surface area (Å²) < 4.78 is 5.20. The van der Waals surface area contributed by atoms with E-state index >= 15 is 0 Å². The lowest BCUT2D eigenvalue weighted by molar-refractivity contribution is -0.109. The van der Waals surface area contributed by atoms with E-state index in [4.69, 9.17) is 4.74 Å². The maximum atomic E-state index is 11.6. The Labute approximate surface area is 104 Å². The molecule has 1 heterocycles. The molecule has 1 saturated carbocycles. The van der Waals surface area contributed by atoms with Crippen LogP contribution in [-0.2, 0) is 9.53 Å². The molecular formula is C12H15NO3S. The van der Waals surface area contributed by atoms with Crippen molar-refractivity contribution in [1.29, 1.82) is 0 Å². The van der Waals surface area contributed by atoms with E-state index in [0.29, 0.717) is 5.92 Å². The molecule has 0 spiro atoms. The van der Waals surface area contributed by atoms with Crippen LogP contribution >= 0.6 is 11.3 Å². The quantitative estimate of drug-likeness (QED) is 0.820. The Morgan fingerprint density at radius 2 is 2.41 bits per heavy atom. The van der Waals surface area contributed by atoms with Crippen molar-refractivity contribution >= 4 is 23.7 Å². The van der Waals surface area contributed by atoms with Crippen molar-refractivity contribution in [3.63, 3.8) is 0 Å². The van der Waals surface area contributed by atoms with Crippen molar-refractivity contribution in [2.75, 3.05) is 0 Å². The summed E-state index contributed by atoms with van der Waals surface area (Å²) in [5.74, 6) is 0.497. The van der Waals surface area contributed by atoms with Gasteiger partial charge in [-0.2, -0.15) is 0 Å². The summed E-state index contributed by atoms with van der Waals surface area (Å²) in [6, 6.07) is 3.05. The van der Waals surface area contributed by atoms with E-state index in [0.717, 1.165) is 24.0 Å². The molecule has 0 bridgehead atoms. The molecule has 0 aliphatic heterocycles. The van der Waals surface area contributed by atoms with Gasteiger partial charge in [-0.25, -0.2) is 4.79 Å². The Hall–Kier alpha value is -1.36. The summed E-state index contributed by atoms with van der Waals surface area (Å²) in [6.45, 7) is 1.89. The fourth-order valence-corrected chi connectivity index (χ4v) is 2.36. The van der Waals surface area contributed by atoms with Gasteiger partial charge in [0.25, 0.3) is 0 Å². The topological polar surface area (TPSA) is 55.4 Å². The van der Waals surface area contributed by atoms with Gasteiger partial charge in [-0.3, -0.25) is 0 Å². The van der Waals surface area contributed by atoms with E-state index in [2.05, 4.69) is 5.32 Å². The minimum absolute atomic E-state index is 0.0642. The smallest absolute Gasteiger partial charge is 0.408 e. The van der Waals surface area contributed by atoms with Crippen LogP contribution in [0.5, 0.6) is 0 Å². The molecule has 17 heavy (non-hydrogen) atoms. The normalized spacial score (nSPS) is 18.2. The average molecular weight is 253 g/mol. The maximum absolute atomic E-state index is 11.6. The molecule has 5 heteroatoms. The summed E-state index contributed by atoms with van der Waals surface area (Å²) in [5, 5.41) is 4.43. The van der Waals surface area contributed by atoms with E-state index in [1.807, 2.05) is 24.4 Å². The molecule has 92 valence electrons. The number of hydrogen-bond donors (Lipinski definition) is 1. The Morgan fingerprint density at radius 3 is 2.94 bits per heavy atom. The zero-order chi connectivity index (χ0) is 12.3. The van der Waals surface area contributed by atoms with Crippen molar-refractivity contribution in [3.05, 3.63) is 22.4 Å². The summed E-state index contributed by atoms with van der Waals surface area (Å²) >= 11 is 1.43. The third-order valence-corrected chi connectivity index (χ3v) is 3.79. The number of alkyl carbamates (subject to hydrolysis) is 1. The Bertz CT molecular complexity index is 386. The van der Waals surface area contributed by atoms with E-state index in [9.17, 15) is 9.59 Å². The number of aldehydes is 1. The molecule has 1 N–H and O–H groups in total. The molecule has 0 aromatic carbocycles. The maximum Gasteiger partial charge on any atom is 0.408 e. The molecule has 0 saturated heterocycles. The Kier molecular flexibility index (Phi) is 3.78. The molecule has 1 aromatic rings. The highest BCUT2D eigenvalue weighted by Crippen LogP contribution is 2.34.